The van der Waals surface area contributed by atoms with Gasteiger partial charge in [0.25, 0.3) is 0 Å². The monoisotopic (exact) mass is 346 g/mol. The Hall–Kier alpha value is -2.53. The van der Waals surface area contributed by atoms with Crippen molar-refractivity contribution in [3.8, 4) is 0 Å². The van der Waals surface area contributed by atoms with Crippen LogP contribution < -0.4 is 10.6 Å². The number of halogens is 1. The van der Waals surface area contributed by atoms with Gasteiger partial charge in [-0.25, -0.2) is 9.59 Å². The van der Waals surface area contributed by atoms with Crippen molar-refractivity contribution in [1.82, 2.24) is 10.6 Å². The molecule has 0 aliphatic carbocycles. The summed E-state index contributed by atoms with van der Waals surface area (Å²) in [6, 6.07) is 15.4. The van der Waals surface area contributed by atoms with Crippen LogP contribution in [0.3, 0.4) is 0 Å². The number of rotatable bonds is 6. The molecule has 126 valence electrons. The van der Waals surface area contributed by atoms with E-state index < -0.39 is 18.0 Å². The summed E-state index contributed by atoms with van der Waals surface area (Å²) in [6.07, 6.45) is 0.354. The number of urea groups is 1. The summed E-state index contributed by atoms with van der Waals surface area (Å²) in [5.41, 5.74) is 1.73. The van der Waals surface area contributed by atoms with E-state index in [0.29, 0.717) is 11.4 Å². The first kappa shape index (κ1) is 17.8. The number of hydrogen-bond donors (Lipinski definition) is 2. The molecule has 2 aromatic rings. The normalized spacial score (nSPS) is 11.4. The molecule has 2 aromatic carbocycles. The SMILES string of the molecule is COC(=O)[C@H](Cc1ccccc1)NC(=O)NCc1ccccc1Cl. The minimum absolute atomic E-state index is 0.269. The number of carbonyl (C=O) groups is 2. The number of hydrogen-bond acceptors (Lipinski definition) is 3. The molecular formula is C18H19ClN2O3. The zero-order chi connectivity index (χ0) is 17.4. The summed E-state index contributed by atoms with van der Waals surface area (Å²) in [6.45, 7) is 0.269. The minimum atomic E-state index is -0.761. The molecule has 2 N–H and O–H groups in total. The van der Waals surface area contributed by atoms with E-state index in [2.05, 4.69) is 10.6 Å². The Bertz CT molecular complexity index is 692. The molecule has 0 saturated heterocycles. The Morgan fingerprint density at radius 3 is 2.42 bits per heavy atom. The van der Waals surface area contributed by atoms with Crippen molar-refractivity contribution in [3.05, 3.63) is 70.7 Å². The summed E-state index contributed by atoms with van der Waals surface area (Å²) < 4.78 is 4.76. The maximum atomic E-state index is 12.1. The molecular weight excluding hydrogens is 328 g/mol. The summed E-state index contributed by atoms with van der Waals surface area (Å²) >= 11 is 6.05. The summed E-state index contributed by atoms with van der Waals surface area (Å²) in [4.78, 5) is 24.0. The number of amides is 2. The Morgan fingerprint density at radius 2 is 1.75 bits per heavy atom. The van der Waals surface area contributed by atoms with Crippen molar-refractivity contribution in [1.29, 1.82) is 0 Å². The highest BCUT2D eigenvalue weighted by atomic mass is 35.5. The van der Waals surface area contributed by atoms with Crippen LogP contribution in [-0.2, 0) is 22.5 Å². The highest BCUT2D eigenvalue weighted by molar-refractivity contribution is 6.31. The molecule has 0 saturated carbocycles. The molecule has 0 aliphatic heterocycles. The molecule has 0 aromatic heterocycles. The van der Waals surface area contributed by atoms with E-state index in [1.807, 2.05) is 48.5 Å². The molecule has 0 spiro atoms. The van der Waals surface area contributed by atoms with Crippen LogP contribution >= 0.6 is 11.6 Å². The molecule has 24 heavy (non-hydrogen) atoms. The van der Waals surface area contributed by atoms with Crippen LogP contribution in [0.1, 0.15) is 11.1 Å². The average Bonchev–Trinajstić information content (AvgIpc) is 2.60. The molecule has 0 radical (unpaired) electrons. The van der Waals surface area contributed by atoms with Crippen LogP contribution in [0, 0.1) is 0 Å². The summed E-state index contributed by atoms with van der Waals surface area (Å²) in [7, 11) is 1.30. The lowest BCUT2D eigenvalue weighted by molar-refractivity contribution is -0.142. The van der Waals surface area contributed by atoms with Crippen molar-refractivity contribution in [2.45, 2.75) is 19.0 Å². The van der Waals surface area contributed by atoms with E-state index in [-0.39, 0.29) is 6.54 Å². The molecule has 0 aliphatic rings. The maximum Gasteiger partial charge on any atom is 0.328 e. The smallest absolute Gasteiger partial charge is 0.328 e. The lowest BCUT2D eigenvalue weighted by Crippen LogP contribution is -2.47. The van der Waals surface area contributed by atoms with Crippen LogP contribution in [0.2, 0.25) is 5.02 Å². The quantitative estimate of drug-likeness (QED) is 0.790. The third kappa shape index (κ3) is 5.28. The highest BCUT2D eigenvalue weighted by Gasteiger charge is 2.21. The van der Waals surface area contributed by atoms with Crippen molar-refractivity contribution >= 4 is 23.6 Å². The van der Waals surface area contributed by atoms with Crippen molar-refractivity contribution in [2.24, 2.45) is 0 Å². The van der Waals surface area contributed by atoms with E-state index in [0.717, 1.165) is 11.1 Å². The third-order valence-electron chi connectivity index (χ3n) is 3.47. The van der Waals surface area contributed by atoms with Crippen LogP contribution in [0.25, 0.3) is 0 Å². The van der Waals surface area contributed by atoms with Gasteiger partial charge in [0.05, 0.1) is 7.11 Å². The summed E-state index contributed by atoms with van der Waals surface area (Å²) in [5, 5.41) is 5.91. The Kier molecular flexibility index (Phi) is 6.63. The number of benzene rings is 2. The fraction of sp³-hybridized carbons (Fsp3) is 0.222. The van der Waals surface area contributed by atoms with Gasteiger partial charge in [-0.3, -0.25) is 0 Å². The second kappa shape index (κ2) is 8.93. The van der Waals surface area contributed by atoms with Crippen molar-refractivity contribution in [2.75, 3.05) is 7.11 Å². The van der Waals surface area contributed by atoms with Gasteiger partial charge >= 0.3 is 12.0 Å². The average molecular weight is 347 g/mol. The van der Waals surface area contributed by atoms with Gasteiger partial charge in [-0.15, -0.1) is 0 Å². The molecule has 5 nitrogen and oxygen atoms in total. The van der Waals surface area contributed by atoms with E-state index in [9.17, 15) is 9.59 Å². The van der Waals surface area contributed by atoms with Gasteiger partial charge in [-0.1, -0.05) is 60.1 Å². The summed E-state index contributed by atoms with van der Waals surface area (Å²) in [5.74, 6) is -0.494. The molecule has 2 rings (SSSR count). The largest absolute Gasteiger partial charge is 0.467 e. The molecule has 0 heterocycles. The first-order valence-electron chi connectivity index (χ1n) is 7.49. The Balaban J connectivity index is 1.94. The molecule has 1 atom stereocenters. The predicted molar refractivity (Wildman–Crippen MR) is 92.8 cm³/mol. The molecule has 0 unspecified atom stereocenters. The first-order valence-corrected chi connectivity index (χ1v) is 7.87. The Labute approximate surface area is 146 Å². The number of carbonyl (C=O) groups excluding carboxylic acids is 2. The third-order valence-corrected chi connectivity index (χ3v) is 3.84. The fourth-order valence-electron chi connectivity index (χ4n) is 2.21. The van der Waals surface area contributed by atoms with Gasteiger partial charge < -0.3 is 15.4 Å². The number of nitrogens with one attached hydrogen (secondary N) is 2. The predicted octanol–water partition coefficient (Wildman–Crippen LogP) is 2.92. The van der Waals surface area contributed by atoms with E-state index in [4.69, 9.17) is 16.3 Å². The zero-order valence-electron chi connectivity index (χ0n) is 13.3. The zero-order valence-corrected chi connectivity index (χ0v) is 14.0. The van der Waals surface area contributed by atoms with Crippen molar-refractivity contribution in [3.63, 3.8) is 0 Å². The standard InChI is InChI=1S/C18H19ClN2O3/c1-24-17(22)16(11-13-7-3-2-4-8-13)21-18(23)20-12-14-9-5-6-10-15(14)19/h2-10,16H,11-12H2,1H3,(H2,20,21,23)/t16-/m0/s1. The van der Waals surface area contributed by atoms with E-state index >= 15 is 0 Å². The van der Waals surface area contributed by atoms with Crippen LogP contribution in [0.15, 0.2) is 54.6 Å². The van der Waals surface area contributed by atoms with E-state index in [1.165, 1.54) is 7.11 Å². The van der Waals surface area contributed by atoms with Crippen LogP contribution in [0.4, 0.5) is 4.79 Å². The second-order valence-electron chi connectivity index (χ2n) is 5.18. The van der Waals surface area contributed by atoms with Crippen LogP contribution in [-0.4, -0.2) is 25.2 Å². The van der Waals surface area contributed by atoms with Crippen molar-refractivity contribution < 1.29 is 14.3 Å². The number of ether oxygens (including phenoxy) is 1. The molecule has 0 bridgehead atoms. The second-order valence-corrected chi connectivity index (χ2v) is 5.59. The molecule has 2 amide bonds. The topological polar surface area (TPSA) is 67.4 Å². The maximum absolute atomic E-state index is 12.1. The fourth-order valence-corrected chi connectivity index (χ4v) is 2.41. The lowest BCUT2D eigenvalue weighted by Gasteiger charge is -2.17. The van der Waals surface area contributed by atoms with E-state index in [1.54, 1.807) is 6.07 Å². The minimum Gasteiger partial charge on any atom is -0.467 e. The Morgan fingerprint density at radius 1 is 1.08 bits per heavy atom. The first-order chi connectivity index (χ1) is 11.6. The van der Waals surface area contributed by atoms with Gasteiger partial charge in [0.1, 0.15) is 6.04 Å². The van der Waals surface area contributed by atoms with Gasteiger partial charge in [-0.05, 0) is 17.2 Å². The molecule has 0 fully saturated rings. The number of esters is 1. The van der Waals surface area contributed by atoms with Gasteiger partial charge in [0.2, 0.25) is 0 Å². The molecule has 6 heteroatoms. The van der Waals surface area contributed by atoms with Crippen LogP contribution in [0.5, 0.6) is 0 Å². The highest BCUT2D eigenvalue weighted by Crippen LogP contribution is 2.14. The van der Waals surface area contributed by atoms with Gasteiger partial charge in [-0.2, -0.15) is 0 Å². The lowest BCUT2D eigenvalue weighted by atomic mass is 10.1. The number of methoxy groups -OCH3 is 1. The van der Waals surface area contributed by atoms with Gasteiger partial charge in [0.15, 0.2) is 0 Å². The van der Waals surface area contributed by atoms with Gasteiger partial charge in [0, 0.05) is 18.0 Å².